The summed E-state index contributed by atoms with van der Waals surface area (Å²) in [6.45, 7) is 7.75. The zero-order valence-electron chi connectivity index (χ0n) is 21.3. The minimum atomic E-state index is -0.901. The van der Waals surface area contributed by atoms with Gasteiger partial charge in [-0.3, -0.25) is 14.4 Å². The van der Waals surface area contributed by atoms with E-state index in [9.17, 15) is 14.4 Å². The van der Waals surface area contributed by atoms with Gasteiger partial charge in [0.25, 0.3) is 5.91 Å². The molecule has 0 aliphatic rings. The van der Waals surface area contributed by atoms with Gasteiger partial charge in [-0.1, -0.05) is 29.8 Å². The van der Waals surface area contributed by atoms with Crippen LogP contribution in [0.1, 0.15) is 29.2 Å². The average Bonchev–Trinajstić information content (AvgIpc) is 2.87. The maximum Gasteiger partial charge on any atom is 0.329 e. The molecule has 9 nitrogen and oxygen atoms in total. The fourth-order valence-corrected chi connectivity index (χ4v) is 3.25. The van der Waals surface area contributed by atoms with Gasteiger partial charge in [0.1, 0.15) is 0 Å². The van der Waals surface area contributed by atoms with Gasteiger partial charge < -0.3 is 20.1 Å². The van der Waals surface area contributed by atoms with Gasteiger partial charge in [0.2, 0.25) is 0 Å². The summed E-state index contributed by atoms with van der Waals surface area (Å²) in [6, 6.07) is 17.9. The molecule has 3 amide bonds. The number of nitrogens with zero attached hydrogens (tertiary/aromatic N) is 1. The second kappa shape index (κ2) is 12.9. The van der Waals surface area contributed by atoms with Gasteiger partial charge >= 0.3 is 11.8 Å². The number of carbonyl (C=O) groups excluding carboxylic acids is 3. The fourth-order valence-electron chi connectivity index (χ4n) is 3.25. The molecule has 3 rings (SSSR count). The Morgan fingerprint density at radius 1 is 0.865 bits per heavy atom. The third kappa shape index (κ3) is 7.93. The van der Waals surface area contributed by atoms with Gasteiger partial charge in [-0.25, -0.2) is 5.43 Å². The summed E-state index contributed by atoms with van der Waals surface area (Å²) >= 11 is 0. The third-order valence-electron chi connectivity index (χ3n) is 5.40. The molecule has 0 atom stereocenters. The summed E-state index contributed by atoms with van der Waals surface area (Å²) < 4.78 is 11.3. The standard InChI is InChI=1S/C28H30N4O5/c1-5-36-25-15-21(11-14-24(25)37-17-26(33)30-22-12-9-18(2)10-13-22)16-29-32-28(35)27(34)31-23-8-6-7-19(3)20(23)4/h6-16H,5,17H2,1-4H3,(H,30,33)(H,31,34)(H,32,35)/b29-16-. The Morgan fingerprint density at radius 2 is 1.62 bits per heavy atom. The Morgan fingerprint density at radius 3 is 2.35 bits per heavy atom. The van der Waals surface area contributed by atoms with Crippen molar-refractivity contribution in [1.29, 1.82) is 0 Å². The zero-order chi connectivity index (χ0) is 26.8. The molecule has 3 aromatic carbocycles. The van der Waals surface area contributed by atoms with Crippen LogP contribution < -0.4 is 25.5 Å². The van der Waals surface area contributed by atoms with E-state index < -0.39 is 11.8 Å². The van der Waals surface area contributed by atoms with Crippen molar-refractivity contribution in [3.8, 4) is 11.5 Å². The molecule has 0 heterocycles. The fraction of sp³-hybridized carbons (Fsp3) is 0.214. The van der Waals surface area contributed by atoms with E-state index >= 15 is 0 Å². The number of anilines is 2. The SMILES string of the molecule is CCOc1cc(/C=N\NC(=O)C(=O)Nc2cccc(C)c2C)ccc1OCC(=O)Nc1ccc(C)cc1. The summed E-state index contributed by atoms with van der Waals surface area (Å²) in [4.78, 5) is 36.6. The number of ether oxygens (including phenoxy) is 2. The van der Waals surface area contributed by atoms with Crippen LogP contribution in [-0.2, 0) is 14.4 Å². The highest BCUT2D eigenvalue weighted by molar-refractivity contribution is 6.39. The number of aryl methyl sites for hydroxylation is 2. The van der Waals surface area contributed by atoms with Gasteiger partial charge in [-0.05, 0) is 80.8 Å². The number of amides is 3. The topological polar surface area (TPSA) is 118 Å². The first-order chi connectivity index (χ1) is 17.8. The van der Waals surface area contributed by atoms with Crippen LogP contribution in [0.25, 0.3) is 0 Å². The lowest BCUT2D eigenvalue weighted by molar-refractivity contribution is -0.136. The number of hydrogen-bond acceptors (Lipinski definition) is 6. The third-order valence-corrected chi connectivity index (χ3v) is 5.40. The van der Waals surface area contributed by atoms with Crippen molar-refractivity contribution < 1.29 is 23.9 Å². The molecule has 0 spiro atoms. The van der Waals surface area contributed by atoms with Crippen LogP contribution >= 0.6 is 0 Å². The van der Waals surface area contributed by atoms with E-state index in [2.05, 4.69) is 21.2 Å². The molecule has 0 saturated carbocycles. The summed E-state index contributed by atoms with van der Waals surface area (Å²) in [5.74, 6) is -1.24. The molecule has 0 aliphatic carbocycles. The van der Waals surface area contributed by atoms with E-state index in [1.165, 1.54) is 6.21 Å². The maximum absolute atomic E-state index is 12.2. The minimum absolute atomic E-state index is 0.201. The van der Waals surface area contributed by atoms with Crippen LogP contribution in [0.2, 0.25) is 0 Å². The molecule has 0 radical (unpaired) electrons. The summed E-state index contributed by atoms with van der Waals surface area (Å²) in [5.41, 5.74) is 7.03. The van der Waals surface area contributed by atoms with Crippen LogP contribution in [0.15, 0.2) is 65.8 Å². The highest BCUT2D eigenvalue weighted by Gasteiger charge is 2.14. The zero-order valence-corrected chi connectivity index (χ0v) is 21.3. The molecule has 192 valence electrons. The van der Waals surface area contributed by atoms with Crippen molar-refractivity contribution in [2.45, 2.75) is 27.7 Å². The second-order valence-corrected chi connectivity index (χ2v) is 8.24. The normalized spacial score (nSPS) is 10.6. The van der Waals surface area contributed by atoms with Crippen molar-refractivity contribution in [3.05, 3.63) is 82.9 Å². The summed E-state index contributed by atoms with van der Waals surface area (Å²) in [7, 11) is 0. The van der Waals surface area contributed by atoms with Crippen LogP contribution in [0.4, 0.5) is 11.4 Å². The number of hydrogen-bond donors (Lipinski definition) is 3. The van der Waals surface area contributed by atoms with E-state index in [0.29, 0.717) is 35.0 Å². The van der Waals surface area contributed by atoms with Crippen LogP contribution in [0.5, 0.6) is 11.5 Å². The van der Waals surface area contributed by atoms with Crippen molar-refractivity contribution in [2.24, 2.45) is 5.10 Å². The number of benzene rings is 3. The van der Waals surface area contributed by atoms with Crippen LogP contribution in [-0.4, -0.2) is 37.1 Å². The molecular weight excluding hydrogens is 472 g/mol. The van der Waals surface area contributed by atoms with Crippen LogP contribution in [0, 0.1) is 20.8 Å². The van der Waals surface area contributed by atoms with E-state index in [-0.39, 0.29) is 12.5 Å². The maximum atomic E-state index is 12.2. The molecule has 0 aromatic heterocycles. The van der Waals surface area contributed by atoms with E-state index in [4.69, 9.17) is 9.47 Å². The van der Waals surface area contributed by atoms with E-state index in [1.807, 2.05) is 58.0 Å². The second-order valence-electron chi connectivity index (χ2n) is 8.24. The van der Waals surface area contributed by atoms with Gasteiger partial charge in [-0.2, -0.15) is 5.10 Å². The van der Waals surface area contributed by atoms with E-state index in [1.54, 1.807) is 30.3 Å². The summed E-state index contributed by atoms with van der Waals surface area (Å²) in [5, 5.41) is 9.21. The molecule has 3 N–H and O–H groups in total. The molecule has 0 saturated heterocycles. The van der Waals surface area contributed by atoms with E-state index in [0.717, 1.165) is 16.7 Å². The Bertz CT molecular complexity index is 1300. The van der Waals surface area contributed by atoms with Crippen LogP contribution in [0.3, 0.4) is 0 Å². The number of nitrogens with one attached hydrogen (secondary N) is 3. The van der Waals surface area contributed by atoms with Crippen molar-refractivity contribution in [1.82, 2.24) is 5.43 Å². The predicted molar refractivity (Wildman–Crippen MR) is 143 cm³/mol. The lowest BCUT2D eigenvalue weighted by Crippen LogP contribution is -2.32. The molecule has 0 aliphatic heterocycles. The Balaban J connectivity index is 1.56. The summed E-state index contributed by atoms with van der Waals surface area (Å²) in [6.07, 6.45) is 1.37. The molecular formula is C28H30N4O5. The lowest BCUT2D eigenvalue weighted by Gasteiger charge is -2.13. The molecule has 37 heavy (non-hydrogen) atoms. The first-order valence-corrected chi connectivity index (χ1v) is 11.7. The number of carbonyl (C=O) groups is 3. The van der Waals surface area contributed by atoms with Crippen molar-refractivity contribution in [3.63, 3.8) is 0 Å². The minimum Gasteiger partial charge on any atom is -0.490 e. The first kappa shape index (κ1) is 26.9. The molecule has 9 heteroatoms. The van der Waals surface area contributed by atoms with Gasteiger partial charge in [0.05, 0.1) is 12.8 Å². The Labute approximate surface area is 215 Å². The largest absolute Gasteiger partial charge is 0.490 e. The Hall–Kier alpha value is -4.66. The monoisotopic (exact) mass is 502 g/mol. The highest BCUT2D eigenvalue weighted by Crippen LogP contribution is 2.28. The highest BCUT2D eigenvalue weighted by atomic mass is 16.5. The smallest absolute Gasteiger partial charge is 0.329 e. The molecule has 0 fully saturated rings. The van der Waals surface area contributed by atoms with Crippen molar-refractivity contribution >= 4 is 35.3 Å². The predicted octanol–water partition coefficient (Wildman–Crippen LogP) is 4.12. The molecule has 0 bridgehead atoms. The number of rotatable bonds is 9. The quantitative estimate of drug-likeness (QED) is 0.231. The van der Waals surface area contributed by atoms with Gasteiger partial charge in [0.15, 0.2) is 18.1 Å². The Kier molecular flexibility index (Phi) is 9.37. The molecule has 0 unspecified atom stereocenters. The first-order valence-electron chi connectivity index (χ1n) is 11.7. The number of hydrazone groups is 1. The van der Waals surface area contributed by atoms with Crippen molar-refractivity contribution in [2.75, 3.05) is 23.8 Å². The molecule has 3 aromatic rings. The lowest BCUT2D eigenvalue weighted by atomic mass is 10.1. The van der Waals surface area contributed by atoms with Gasteiger partial charge in [0, 0.05) is 11.4 Å². The van der Waals surface area contributed by atoms with Gasteiger partial charge in [-0.15, -0.1) is 0 Å². The average molecular weight is 503 g/mol.